The molecule has 1 N–H and O–H groups in total. The molecule has 0 amide bonds. The van der Waals surface area contributed by atoms with E-state index in [1.165, 1.54) is 5.56 Å². The molecule has 4 nitrogen and oxygen atoms in total. The van der Waals surface area contributed by atoms with Crippen molar-refractivity contribution in [2.45, 2.75) is 26.7 Å². The van der Waals surface area contributed by atoms with E-state index in [1.54, 1.807) is 0 Å². The summed E-state index contributed by atoms with van der Waals surface area (Å²) in [5.41, 5.74) is 2.37. The molecule has 1 aromatic rings. The summed E-state index contributed by atoms with van der Waals surface area (Å²) in [5, 5.41) is 0. The molecule has 0 spiro atoms. The molecule has 0 atom stereocenters. The van der Waals surface area contributed by atoms with Gasteiger partial charge in [0, 0.05) is 18.8 Å². The zero-order valence-corrected chi connectivity index (χ0v) is 11.8. The Hall–Kier alpha value is -0.0700. The third-order valence-corrected chi connectivity index (χ3v) is 3.63. The Bertz CT molecular complexity index is 477. The fourth-order valence-corrected chi connectivity index (χ4v) is 2.45. The normalized spacial score (nSPS) is 10.9. The quantitative estimate of drug-likeness (QED) is 0.474. The van der Waals surface area contributed by atoms with Crippen molar-refractivity contribution in [1.29, 1.82) is 0 Å². The van der Waals surface area contributed by atoms with Crippen molar-refractivity contribution in [2.24, 2.45) is 0 Å². The van der Waals surface area contributed by atoms with E-state index in [1.807, 2.05) is 6.07 Å². The van der Waals surface area contributed by atoms with Gasteiger partial charge >= 0.3 is 29.6 Å². The first-order chi connectivity index (χ1) is 8.42. The van der Waals surface area contributed by atoms with Crippen molar-refractivity contribution in [3.63, 3.8) is 0 Å². The molecule has 0 aliphatic rings. The molecule has 0 radical (unpaired) electrons. The second kappa shape index (κ2) is 8.97. The van der Waals surface area contributed by atoms with Gasteiger partial charge in [-0.25, -0.2) is 0 Å². The van der Waals surface area contributed by atoms with Gasteiger partial charge in [-0.3, -0.25) is 4.55 Å². The SMILES string of the molecule is CCN(CCCCS(=O)(=O)O)c1cccc(C)c1.[NaH]. The van der Waals surface area contributed by atoms with E-state index in [9.17, 15) is 8.42 Å². The number of aryl methyl sites for hydroxylation is 1. The monoisotopic (exact) mass is 295 g/mol. The molecule has 6 heteroatoms. The molecule has 19 heavy (non-hydrogen) atoms. The molecule has 1 rings (SSSR count). The Labute approximate surface area is 138 Å². The molecule has 0 fully saturated rings. The van der Waals surface area contributed by atoms with Crippen molar-refractivity contribution >= 4 is 45.4 Å². The van der Waals surface area contributed by atoms with E-state index in [2.05, 4.69) is 36.9 Å². The third-order valence-electron chi connectivity index (χ3n) is 2.83. The first-order valence-electron chi connectivity index (χ1n) is 6.19. The maximum atomic E-state index is 10.6. The minimum absolute atomic E-state index is 0. The van der Waals surface area contributed by atoms with E-state index < -0.39 is 10.1 Å². The third kappa shape index (κ3) is 7.95. The van der Waals surface area contributed by atoms with Crippen LogP contribution in [0.5, 0.6) is 0 Å². The fourth-order valence-electron chi connectivity index (χ4n) is 1.88. The van der Waals surface area contributed by atoms with Gasteiger partial charge in [0.1, 0.15) is 0 Å². The topological polar surface area (TPSA) is 57.6 Å². The van der Waals surface area contributed by atoms with Crippen LogP contribution in [0.3, 0.4) is 0 Å². The number of rotatable bonds is 7. The van der Waals surface area contributed by atoms with Crippen LogP contribution in [-0.4, -0.2) is 61.4 Å². The number of hydrogen-bond acceptors (Lipinski definition) is 3. The Morgan fingerprint density at radius 3 is 2.47 bits per heavy atom. The molecule has 104 valence electrons. The zero-order chi connectivity index (χ0) is 13.6. The number of benzene rings is 1. The number of anilines is 1. The van der Waals surface area contributed by atoms with E-state index in [4.69, 9.17) is 4.55 Å². The van der Waals surface area contributed by atoms with Crippen LogP contribution in [0.4, 0.5) is 5.69 Å². The van der Waals surface area contributed by atoms with E-state index >= 15 is 0 Å². The summed E-state index contributed by atoms with van der Waals surface area (Å²) < 4.78 is 29.9. The van der Waals surface area contributed by atoms with Crippen LogP contribution in [0.25, 0.3) is 0 Å². The van der Waals surface area contributed by atoms with Crippen molar-refractivity contribution < 1.29 is 13.0 Å². The van der Waals surface area contributed by atoms with Crippen LogP contribution in [0.2, 0.25) is 0 Å². The Balaban J connectivity index is 0.00000324. The van der Waals surface area contributed by atoms with Crippen LogP contribution < -0.4 is 4.90 Å². The molecule has 0 aliphatic carbocycles. The molecule has 0 heterocycles. The van der Waals surface area contributed by atoms with Gasteiger partial charge in [-0.2, -0.15) is 8.42 Å². The van der Waals surface area contributed by atoms with Gasteiger partial charge < -0.3 is 4.90 Å². The second-order valence-electron chi connectivity index (χ2n) is 4.41. The van der Waals surface area contributed by atoms with Gasteiger partial charge in [-0.1, -0.05) is 12.1 Å². The van der Waals surface area contributed by atoms with Crippen molar-refractivity contribution in [1.82, 2.24) is 0 Å². The number of hydrogen-bond donors (Lipinski definition) is 1. The number of nitrogens with zero attached hydrogens (tertiary/aromatic N) is 1. The van der Waals surface area contributed by atoms with Crippen LogP contribution >= 0.6 is 0 Å². The van der Waals surface area contributed by atoms with Gasteiger partial charge in [-0.05, 0) is 44.4 Å². The van der Waals surface area contributed by atoms with E-state index in [0.29, 0.717) is 6.42 Å². The van der Waals surface area contributed by atoms with Crippen LogP contribution in [-0.2, 0) is 10.1 Å². The van der Waals surface area contributed by atoms with Gasteiger partial charge in [0.25, 0.3) is 10.1 Å². The molecule has 0 aliphatic heterocycles. The molecular weight excluding hydrogens is 273 g/mol. The summed E-state index contributed by atoms with van der Waals surface area (Å²) in [5.74, 6) is -0.154. The minimum atomic E-state index is -3.82. The standard InChI is InChI=1S/C13H21NO3S.Na.H/c1-3-14(9-4-5-10-18(15,16)17)13-8-6-7-12(2)11-13;;/h6-8,11H,3-5,9-10H2,1-2H3,(H,15,16,17);;. The molecule has 0 bridgehead atoms. The summed E-state index contributed by atoms with van der Waals surface area (Å²) >= 11 is 0. The number of unbranched alkanes of at least 4 members (excludes halogenated alkanes) is 1. The molecule has 0 saturated heterocycles. The van der Waals surface area contributed by atoms with Gasteiger partial charge in [-0.15, -0.1) is 0 Å². The fraction of sp³-hybridized carbons (Fsp3) is 0.538. The average molecular weight is 295 g/mol. The molecule has 1 aromatic carbocycles. The molecule has 0 saturated carbocycles. The summed E-state index contributed by atoms with van der Waals surface area (Å²) in [4.78, 5) is 2.21. The van der Waals surface area contributed by atoms with Crippen molar-refractivity contribution in [3.8, 4) is 0 Å². The van der Waals surface area contributed by atoms with Crippen molar-refractivity contribution in [3.05, 3.63) is 29.8 Å². The van der Waals surface area contributed by atoms with Crippen LogP contribution in [0.15, 0.2) is 24.3 Å². The van der Waals surface area contributed by atoms with Gasteiger partial charge in [0.15, 0.2) is 0 Å². The Kier molecular flexibility index (Phi) is 8.94. The first kappa shape index (κ1) is 18.9. The molecule has 0 aromatic heterocycles. The first-order valence-corrected chi connectivity index (χ1v) is 7.80. The van der Waals surface area contributed by atoms with E-state index in [-0.39, 0.29) is 35.3 Å². The van der Waals surface area contributed by atoms with Crippen LogP contribution in [0.1, 0.15) is 25.3 Å². The Morgan fingerprint density at radius 2 is 1.95 bits per heavy atom. The predicted octanol–water partition coefficient (Wildman–Crippen LogP) is 1.84. The summed E-state index contributed by atoms with van der Waals surface area (Å²) in [6.45, 7) is 5.81. The summed E-state index contributed by atoms with van der Waals surface area (Å²) in [6.07, 6.45) is 1.24. The molecule has 0 unspecified atom stereocenters. The van der Waals surface area contributed by atoms with Crippen molar-refractivity contribution in [2.75, 3.05) is 23.7 Å². The summed E-state index contributed by atoms with van der Waals surface area (Å²) in [7, 11) is -3.82. The predicted molar refractivity (Wildman–Crippen MR) is 81.9 cm³/mol. The van der Waals surface area contributed by atoms with E-state index in [0.717, 1.165) is 25.2 Å². The maximum absolute atomic E-state index is 10.6. The molecular formula is C13H22NNaO3S. The zero-order valence-electron chi connectivity index (χ0n) is 11.0. The van der Waals surface area contributed by atoms with Gasteiger partial charge in [0.2, 0.25) is 0 Å². The summed E-state index contributed by atoms with van der Waals surface area (Å²) in [6, 6.07) is 8.24. The van der Waals surface area contributed by atoms with Crippen LogP contribution in [0, 0.1) is 6.92 Å². The second-order valence-corrected chi connectivity index (χ2v) is 5.98. The van der Waals surface area contributed by atoms with Gasteiger partial charge in [0.05, 0.1) is 5.75 Å². The average Bonchev–Trinajstić information content (AvgIpc) is 2.27. The Morgan fingerprint density at radius 1 is 1.26 bits per heavy atom.